The van der Waals surface area contributed by atoms with Gasteiger partial charge in [-0.1, -0.05) is 11.6 Å². The molecule has 24 heavy (non-hydrogen) atoms. The molecule has 0 unspecified atom stereocenters. The molecule has 0 bridgehead atoms. The molecule has 10 heteroatoms. The van der Waals surface area contributed by atoms with Gasteiger partial charge in [-0.15, -0.1) is 0 Å². The molecule has 0 aromatic heterocycles. The van der Waals surface area contributed by atoms with Crippen molar-refractivity contribution in [2.75, 3.05) is 45.2 Å². The largest absolute Gasteiger partial charge is 0.378 e. The summed E-state index contributed by atoms with van der Waals surface area (Å²) in [5.41, 5.74) is 0.221. The molecule has 0 radical (unpaired) electrons. The number of carbonyl (C=O) groups excluding carboxylic acids is 1. The van der Waals surface area contributed by atoms with Gasteiger partial charge in [0.25, 0.3) is 5.69 Å². The van der Waals surface area contributed by atoms with E-state index in [0.717, 1.165) is 0 Å². The molecular weight excluding hydrogens is 356 g/mol. The number of nitrogens with one attached hydrogen (secondary N) is 1. The third-order valence-electron chi connectivity index (χ3n) is 3.49. The van der Waals surface area contributed by atoms with Gasteiger partial charge in [-0.3, -0.25) is 14.9 Å². The second-order valence-corrected chi connectivity index (χ2v) is 5.99. The van der Waals surface area contributed by atoms with Crippen molar-refractivity contribution in [3.8, 4) is 0 Å². The summed E-state index contributed by atoms with van der Waals surface area (Å²) in [5, 5.41) is 14.2. The van der Waals surface area contributed by atoms with E-state index in [1.807, 2.05) is 0 Å². The van der Waals surface area contributed by atoms with Gasteiger partial charge in [-0.2, -0.15) is 0 Å². The molecule has 0 atom stereocenters. The number of non-ortho nitro benzene ring substituents is 1. The second kappa shape index (κ2) is 8.22. The van der Waals surface area contributed by atoms with Gasteiger partial charge in [0.05, 0.1) is 35.4 Å². The van der Waals surface area contributed by atoms with Crippen LogP contribution < -0.4 is 5.32 Å². The number of amides is 1. The summed E-state index contributed by atoms with van der Waals surface area (Å²) in [7, 11) is 1.67. The van der Waals surface area contributed by atoms with E-state index in [4.69, 9.17) is 28.6 Å². The Morgan fingerprint density at radius 3 is 2.79 bits per heavy atom. The number of hydrogen-bond acceptors (Lipinski definition) is 5. The summed E-state index contributed by atoms with van der Waals surface area (Å²) in [5.74, 6) is -0.0601. The van der Waals surface area contributed by atoms with E-state index in [1.165, 1.54) is 18.2 Å². The van der Waals surface area contributed by atoms with Crippen molar-refractivity contribution in [2.45, 2.75) is 0 Å². The number of benzene rings is 1. The second-order valence-electron chi connectivity index (χ2n) is 5.20. The van der Waals surface area contributed by atoms with Crippen LogP contribution in [0.2, 0.25) is 5.02 Å². The number of nitro benzene ring substituents is 1. The minimum atomic E-state index is -0.518. The maximum Gasteiger partial charge on any atom is 0.271 e. The van der Waals surface area contributed by atoms with Crippen LogP contribution in [0.25, 0.3) is 0 Å². The molecule has 0 saturated carbocycles. The van der Waals surface area contributed by atoms with Gasteiger partial charge in [0, 0.05) is 32.3 Å². The first kappa shape index (κ1) is 18.4. The summed E-state index contributed by atoms with van der Waals surface area (Å²) >= 11 is 11.3. The molecule has 1 aliphatic heterocycles. The van der Waals surface area contributed by atoms with E-state index in [-0.39, 0.29) is 23.3 Å². The van der Waals surface area contributed by atoms with Crippen LogP contribution in [0.3, 0.4) is 0 Å². The van der Waals surface area contributed by atoms with E-state index >= 15 is 0 Å². The zero-order valence-corrected chi connectivity index (χ0v) is 14.6. The molecule has 130 valence electrons. The molecule has 1 amide bonds. The Morgan fingerprint density at radius 2 is 2.17 bits per heavy atom. The topological polar surface area (TPSA) is 88.0 Å². The molecule has 0 spiro atoms. The van der Waals surface area contributed by atoms with Crippen molar-refractivity contribution >= 4 is 46.2 Å². The van der Waals surface area contributed by atoms with Crippen LogP contribution in [0.1, 0.15) is 0 Å². The number of anilines is 1. The fourth-order valence-corrected chi connectivity index (χ4v) is 2.46. The van der Waals surface area contributed by atoms with Gasteiger partial charge in [-0.25, -0.2) is 0 Å². The van der Waals surface area contributed by atoms with Crippen LogP contribution in [0, 0.1) is 10.1 Å². The number of halogens is 1. The Hall–Kier alpha value is -1.97. The molecule has 1 saturated heterocycles. The third kappa shape index (κ3) is 4.76. The molecule has 1 N–H and O–H groups in total. The Kier molecular flexibility index (Phi) is 6.29. The summed E-state index contributed by atoms with van der Waals surface area (Å²) in [4.78, 5) is 25.8. The third-order valence-corrected chi connectivity index (χ3v) is 4.23. The molecule has 0 aliphatic carbocycles. The number of nitrogens with zero attached hydrogens (tertiary/aromatic N) is 3. The van der Waals surface area contributed by atoms with Crippen molar-refractivity contribution in [3.63, 3.8) is 0 Å². The van der Waals surface area contributed by atoms with Crippen LogP contribution >= 0.6 is 23.8 Å². The SMILES string of the molecule is CN(CC(=O)N1CCOCC1)C(=S)Nc1cc([N+](=O)[O-])ccc1Cl. The van der Waals surface area contributed by atoms with E-state index in [9.17, 15) is 14.9 Å². The van der Waals surface area contributed by atoms with E-state index in [2.05, 4.69) is 5.32 Å². The predicted molar refractivity (Wildman–Crippen MR) is 94.4 cm³/mol. The Bertz CT molecular complexity index is 652. The van der Waals surface area contributed by atoms with Crippen molar-refractivity contribution in [1.82, 2.24) is 9.80 Å². The first-order chi connectivity index (χ1) is 11.4. The molecule has 1 aromatic carbocycles. The lowest BCUT2D eigenvalue weighted by atomic mass is 10.3. The monoisotopic (exact) mass is 372 g/mol. The highest BCUT2D eigenvalue weighted by Gasteiger charge is 2.20. The predicted octanol–water partition coefficient (Wildman–Crippen LogP) is 1.74. The van der Waals surface area contributed by atoms with E-state index in [1.54, 1.807) is 16.8 Å². The maximum atomic E-state index is 12.2. The maximum absolute atomic E-state index is 12.2. The number of rotatable bonds is 4. The van der Waals surface area contributed by atoms with Gasteiger partial charge < -0.3 is 19.9 Å². The van der Waals surface area contributed by atoms with Gasteiger partial charge in [0.15, 0.2) is 5.11 Å². The zero-order valence-electron chi connectivity index (χ0n) is 13.0. The highest BCUT2D eigenvalue weighted by molar-refractivity contribution is 7.80. The van der Waals surface area contributed by atoms with E-state index < -0.39 is 4.92 Å². The average Bonchev–Trinajstić information content (AvgIpc) is 2.57. The number of morpholine rings is 1. The van der Waals surface area contributed by atoms with Crippen LogP contribution in [-0.2, 0) is 9.53 Å². The van der Waals surface area contributed by atoms with Crippen LogP contribution in [-0.4, -0.2) is 65.6 Å². The number of carbonyl (C=O) groups is 1. The van der Waals surface area contributed by atoms with Crippen molar-refractivity contribution in [3.05, 3.63) is 33.3 Å². The minimum Gasteiger partial charge on any atom is -0.378 e. The first-order valence-electron chi connectivity index (χ1n) is 7.20. The summed E-state index contributed by atoms with van der Waals surface area (Å²) in [6, 6.07) is 4.03. The Morgan fingerprint density at radius 1 is 1.50 bits per heavy atom. The Labute approximate surface area is 149 Å². The lowest BCUT2D eigenvalue weighted by Gasteiger charge is -2.29. The molecule has 8 nitrogen and oxygen atoms in total. The standard InChI is InChI=1S/C14H17ClN4O4S/c1-17(9-13(20)18-4-6-23-7-5-18)14(24)16-12-8-10(19(21)22)2-3-11(12)15/h2-3,8H,4-7,9H2,1H3,(H,16,24). The summed E-state index contributed by atoms with van der Waals surface area (Å²) in [6.07, 6.45) is 0. The number of likely N-dealkylation sites (N-methyl/N-ethyl adjacent to an activating group) is 1. The van der Waals surface area contributed by atoms with Gasteiger partial charge in [0.1, 0.15) is 0 Å². The van der Waals surface area contributed by atoms with Gasteiger partial charge >= 0.3 is 0 Å². The van der Waals surface area contributed by atoms with Crippen LogP contribution in [0.15, 0.2) is 18.2 Å². The number of ether oxygens (including phenoxy) is 1. The molecule has 2 rings (SSSR count). The number of nitro groups is 1. The average molecular weight is 373 g/mol. The number of hydrogen-bond donors (Lipinski definition) is 1. The van der Waals surface area contributed by atoms with Crippen molar-refractivity contribution in [2.24, 2.45) is 0 Å². The van der Waals surface area contributed by atoms with Crippen LogP contribution in [0.5, 0.6) is 0 Å². The fourth-order valence-electron chi connectivity index (χ4n) is 2.12. The van der Waals surface area contributed by atoms with Crippen molar-refractivity contribution < 1.29 is 14.5 Å². The van der Waals surface area contributed by atoms with Gasteiger partial charge in [0.2, 0.25) is 5.91 Å². The molecular formula is C14H17ClN4O4S. The zero-order chi connectivity index (χ0) is 17.7. The lowest BCUT2D eigenvalue weighted by Crippen LogP contribution is -2.46. The highest BCUT2D eigenvalue weighted by atomic mass is 35.5. The molecule has 1 aliphatic rings. The summed E-state index contributed by atoms with van der Waals surface area (Å²) < 4.78 is 5.21. The van der Waals surface area contributed by atoms with E-state index in [0.29, 0.717) is 37.0 Å². The number of thiocarbonyl (C=S) groups is 1. The summed E-state index contributed by atoms with van der Waals surface area (Å²) in [6.45, 7) is 2.27. The molecule has 1 fully saturated rings. The lowest BCUT2D eigenvalue weighted by molar-refractivity contribution is -0.384. The minimum absolute atomic E-state index is 0.0601. The quantitative estimate of drug-likeness (QED) is 0.489. The smallest absolute Gasteiger partial charge is 0.271 e. The van der Waals surface area contributed by atoms with Crippen molar-refractivity contribution in [1.29, 1.82) is 0 Å². The van der Waals surface area contributed by atoms with Crippen LogP contribution in [0.4, 0.5) is 11.4 Å². The molecule has 1 aromatic rings. The normalized spacial score (nSPS) is 14.2. The highest BCUT2D eigenvalue weighted by Crippen LogP contribution is 2.26. The molecule has 1 heterocycles. The van der Waals surface area contributed by atoms with Gasteiger partial charge in [-0.05, 0) is 18.3 Å². The first-order valence-corrected chi connectivity index (χ1v) is 7.98. The fraction of sp³-hybridized carbons (Fsp3) is 0.429. The Balaban J connectivity index is 1.97.